The van der Waals surface area contributed by atoms with E-state index in [0.717, 1.165) is 24.0 Å². The molecule has 1 aliphatic rings. The smallest absolute Gasteiger partial charge is 0.308 e. The molecule has 1 heterocycles. The Morgan fingerprint density at radius 2 is 1.61 bits per heavy atom. The predicted molar refractivity (Wildman–Crippen MR) is 124 cm³/mol. The highest BCUT2D eigenvalue weighted by molar-refractivity contribution is 7.60. The van der Waals surface area contributed by atoms with Crippen LogP contribution in [-0.4, -0.2) is 27.4 Å². The van der Waals surface area contributed by atoms with Crippen LogP contribution in [0.3, 0.4) is 0 Å². The van der Waals surface area contributed by atoms with E-state index in [1.54, 1.807) is 0 Å². The number of carbonyl (C=O) groups is 1. The summed E-state index contributed by atoms with van der Waals surface area (Å²) >= 11 is 0. The zero-order valence-corrected chi connectivity index (χ0v) is 18.8. The van der Waals surface area contributed by atoms with Crippen molar-refractivity contribution in [3.05, 3.63) is 76.9 Å². The van der Waals surface area contributed by atoms with Crippen molar-refractivity contribution < 1.29 is 13.2 Å². The Balaban J connectivity index is 0.000000628. The Hall–Kier alpha value is -3.19. The molecule has 4 rings (SSSR count). The number of carbonyl (C=O) groups excluding carboxylic acids is 1. The van der Waals surface area contributed by atoms with Crippen LogP contribution in [-0.2, 0) is 10.5 Å². The van der Waals surface area contributed by atoms with Crippen LogP contribution in [0.1, 0.15) is 46.4 Å². The maximum Gasteiger partial charge on any atom is 0.308 e. The van der Waals surface area contributed by atoms with Crippen molar-refractivity contribution in [2.45, 2.75) is 33.2 Å². The molecule has 1 atom stereocenters. The summed E-state index contributed by atoms with van der Waals surface area (Å²) in [5.41, 5.74) is 5.62. The lowest BCUT2D eigenvalue weighted by atomic mass is 10.0. The van der Waals surface area contributed by atoms with E-state index in [1.165, 1.54) is 28.6 Å². The Bertz CT molecular complexity index is 1210. The molecule has 0 aromatic heterocycles. The number of nitrogens with zero attached hydrogens (tertiary/aromatic N) is 1. The van der Waals surface area contributed by atoms with Crippen molar-refractivity contribution in [3.63, 3.8) is 0 Å². The molecule has 0 saturated carbocycles. The lowest BCUT2D eigenvalue weighted by molar-refractivity contribution is 0.0940. The van der Waals surface area contributed by atoms with Crippen molar-refractivity contribution >= 4 is 32.9 Å². The lowest BCUT2D eigenvalue weighted by Crippen LogP contribution is -2.36. The highest BCUT2D eigenvalue weighted by atomic mass is 32.2. The summed E-state index contributed by atoms with van der Waals surface area (Å²) in [4.78, 5) is 15.1. The summed E-state index contributed by atoms with van der Waals surface area (Å²) in [6.45, 7) is 8.52. The fourth-order valence-corrected chi connectivity index (χ4v) is 3.54. The lowest BCUT2D eigenvalue weighted by Gasteiger charge is -2.33. The molecular formula is C24H27N3O3S. The van der Waals surface area contributed by atoms with Gasteiger partial charge in [-0.3, -0.25) is 4.79 Å². The Kier molecular flexibility index (Phi) is 7.07. The molecule has 1 fully saturated rings. The van der Waals surface area contributed by atoms with Crippen molar-refractivity contribution in [3.8, 4) is 0 Å². The maximum atomic E-state index is 12.7. The van der Waals surface area contributed by atoms with Crippen LogP contribution in [0.5, 0.6) is 0 Å². The number of fused-ring (bicyclic) bond motifs is 1. The van der Waals surface area contributed by atoms with E-state index in [4.69, 9.17) is 13.2 Å². The van der Waals surface area contributed by atoms with Gasteiger partial charge in [-0.1, -0.05) is 30.3 Å². The molecule has 0 unspecified atom stereocenters. The Morgan fingerprint density at radius 1 is 0.968 bits per heavy atom. The van der Waals surface area contributed by atoms with E-state index in [0.29, 0.717) is 5.56 Å². The molecule has 0 radical (unpaired) electrons. The second kappa shape index (κ2) is 9.75. The zero-order valence-electron chi connectivity index (χ0n) is 18.0. The first-order valence-electron chi connectivity index (χ1n) is 10.2. The number of nitrogens with one attached hydrogen (secondary N) is 2. The normalized spacial score (nSPS) is 13.6. The maximum absolute atomic E-state index is 12.7. The number of benzene rings is 3. The number of rotatable bonds is 4. The zero-order chi connectivity index (χ0) is 22.5. The summed E-state index contributed by atoms with van der Waals surface area (Å²) in [5, 5.41) is 5.41. The Morgan fingerprint density at radius 3 is 2.23 bits per heavy atom. The molecule has 1 saturated heterocycles. The third kappa shape index (κ3) is 5.70. The van der Waals surface area contributed by atoms with Gasteiger partial charge in [-0.25, -0.2) is 0 Å². The summed E-state index contributed by atoms with van der Waals surface area (Å²) in [6, 6.07) is 18.8. The van der Waals surface area contributed by atoms with Crippen LogP contribution < -0.4 is 10.2 Å². The first-order chi connectivity index (χ1) is 14.7. The van der Waals surface area contributed by atoms with E-state index in [1.807, 2.05) is 25.1 Å². The second-order valence-corrected chi connectivity index (χ2v) is 8.33. The third-order valence-electron chi connectivity index (χ3n) is 5.69. The molecule has 3 aromatic rings. The summed E-state index contributed by atoms with van der Waals surface area (Å²) < 4.78 is 22.8. The van der Waals surface area contributed by atoms with E-state index < -0.39 is 10.5 Å². The minimum absolute atomic E-state index is 0.0266. The van der Waals surface area contributed by atoms with E-state index in [-0.39, 0.29) is 11.9 Å². The minimum atomic E-state index is -2.61. The number of hydrogen-bond donors (Lipinski definition) is 2. The number of aryl methyl sites for hydroxylation is 2. The van der Waals surface area contributed by atoms with Gasteiger partial charge < -0.3 is 10.2 Å². The van der Waals surface area contributed by atoms with Crippen LogP contribution in [0.15, 0.2) is 54.6 Å². The van der Waals surface area contributed by atoms with Crippen LogP contribution in [0.2, 0.25) is 0 Å². The average molecular weight is 438 g/mol. The van der Waals surface area contributed by atoms with Gasteiger partial charge in [-0.05, 0) is 78.9 Å². The van der Waals surface area contributed by atoms with Crippen LogP contribution in [0.25, 0.3) is 10.8 Å². The van der Waals surface area contributed by atoms with Gasteiger partial charge >= 0.3 is 10.5 Å². The fourth-order valence-electron chi connectivity index (χ4n) is 3.54. The molecular weight excluding hydrogens is 410 g/mol. The van der Waals surface area contributed by atoms with E-state index in [9.17, 15) is 4.79 Å². The second-order valence-electron chi connectivity index (χ2n) is 7.86. The van der Waals surface area contributed by atoms with Crippen molar-refractivity contribution in [1.82, 2.24) is 5.32 Å². The monoisotopic (exact) mass is 437 g/mol. The SMILES string of the molecule is Cc1ccc([C@@H](C)NC(=O)c2ccc3cc(N4CCC4)ccc3c2)cc1C.N=S(=O)=O. The molecule has 0 spiro atoms. The van der Waals surface area contributed by atoms with Crippen molar-refractivity contribution in [1.29, 1.82) is 4.78 Å². The predicted octanol–water partition coefficient (Wildman–Crippen LogP) is 4.79. The molecule has 6 nitrogen and oxygen atoms in total. The number of amides is 1. The molecule has 1 aliphatic heterocycles. The largest absolute Gasteiger partial charge is 0.371 e. The molecule has 7 heteroatoms. The first-order valence-corrected chi connectivity index (χ1v) is 11.3. The van der Waals surface area contributed by atoms with Gasteiger partial charge in [0.25, 0.3) is 5.91 Å². The topological polar surface area (TPSA) is 90.3 Å². The fraction of sp³-hybridized carbons (Fsp3) is 0.292. The van der Waals surface area contributed by atoms with Crippen LogP contribution in [0, 0.1) is 18.6 Å². The van der Waals surface area contributed by atoms with Crippen LogP contribution in [0.4, 0.5) is 5.69 Å². The van der Waals surface area contributed by atoms with E-state index in [2.05, 4.69) is 60.5 Å². The Labute approximate surface area is 184 Å². The van der Waals surface area contributed by atoms with Gasteiger partial charge in [0.2, 0.25) is 0 Å². The van der Waals surface area contributed by atoms with Gasteiger partial charge in [0.1, 0.15) is 0 Å². The minimum Gasteiger partial charge on any atom is -0.371 e. The standard InChI is InChI=1S/C24H26N2O.HNO2S/c1-16-5-6-19(13-17(16)2)18(3)25-24(27)22-8-7-21-15-23(26-11-4-12-26)10-9-20(21)14-22;1-4(2)3/h5-10,13-15,18H,4,11-12H2,1-3H3,(H,25,27);1H/t18-;/m1./s1. The number of anilines is 1. The molecule has 2 N–H and O–H groups in total. The highest BCUT2D eigenvalue weighted by Crippen LogP contribution is 2.26. The summed E-state index contributed by atoms with van der Waals surface area (Å²) in [7, 11) is -2.61. The van der Waals surface area contributed by atoms with Crippen LogP contribution >= 0.6 is 0 Å². The first kappa shape index (κ1) is 22.5. The van der Waals surface area contributed by atoms with Crippen molar-refractivity contribution in [2.24, 2.45) is 0 Å². The van der Waals surface area contributed by atoms with Gasteiger partial charge in [0.05, 0.1) is 6.04 Å². The number of hydrogen-bond acceptors (Lipinski definition) is 5. The highest BCUT2D eigenvalue weighted by Gasteiger charge is 2.15. The average Bonchev–Trinajstić information content (AvgIpc) is 2.67. The molecule has 31 heavy (non-hydrogen) atoms. The van der Waals surface area contributed by atoms with Gasteiger partial charge in [0.15, 0.2) is 0 Å². The van der Waals surface area contributed by atoms with E-state index >= 15 is 0 Å². The summed E-state index contributed by atoms with van der Waals surface area (Å²) in [5.74, 6) is -0.0329. The van der Waals surface area contributed by atoms with Crippen molar-refractivity contribution in [2.75, 3.05) is 18.0 Å². The molecule has 162 valence electrons. The summed E-state index contributed by atoms with van der Waals surface area (Å²) in [6.07, 6.45) is 1.27. The molecule has 0 bridgehead atoms. The molecule has 0 aliphatic carbocycles. The van der Waals surface area contributed by atoms with Gasteiger partial charge in [0, 0.05) is 24.3 Å². The molecule has 3 aromatic carbocycles. The third-order valence-corrected chi connectivity index (χ3v) is 5.69. The molecule has 1 amide bonds. The van der Waals surface area contributed by atoms with Gasteiger partial charge in [-0.2, -0.15) is 13.2 Å². The quantitative estimate of drug-likeness (QED) is 0.614. The van der Waals surface area contributed by atoms with Gasteiger partial charge in [-0.15, -0.1) is 0 Å².